The first kappa shape index (κ1) is 28.5. The number of nitrogens with one attached hydrogen (secondary N) is 1. The maximum atomic E-state index is 14.1. The summed E-state index contributed by atoms with van der Waals surface area (Å²) in [6.07, 6.45) is -7.25. The Bertz CT molecular complexity index is 1510. The third-order valence-electron chi connectivity index (χ3n) is 5.42. The molecule has 40 heavy (non-hydrogen) atoms. The molecule has 1 unspecified atom stereocenters. The number of nitrogens with zero attached hydrogens (tertiary/aromatic N) is 1. The van der Waals surface area contributed by atoms with Crippen molar-refractivity contribution in [3.05, 3.63) is 63.2 Å². The molecule has 1 saturated heterocycles. The van der Waals surface area contributed by atoms with E-state index in [0.29, 0.717) is 10.8 Å². The summed E-state index contributed by atoms with van der Waals surface area (Å²) >= 11 is 6.47. The Balaban J connectivity index is 2.03. The summed E-state index contributed by atoms with van der Waals surface area (Å²) in [7, 11) is -4.66. The van der Waals surface area contributed by atoms with E-state index in [2.05, 4.69) is 5.92 Å². The molecule has 3 rings (SSSR count). The quantitative estimate of drug-likeness (QED) is 0.180. The monoisotopic (exact) mass is 606 g/mol. The number of rotatable bonds is 10. The minimum atomic E-state index is -4.66. The number of aromatic nitrogens is 2. The Hall–Kier alpha value is -3.01. The number of aliphatic hydroxyl groups is 1. The van der Waals surface area contributed by atoms with Gasteiger partial charge in [-0.05, 0) is 26.0 Å². The highest BCUT2D eigenvalue weighted by Crippen LogP contribution is 2.51. The standard InChI is InChI=1S/C25H28ClF2N2O9P/c1-15(2)37-22(33)16(3)14-40(35,39-17-8-5-4-6-9-17)36-13-19-20(31)25(26,10-7-11-27)23(38-19)30-12-18(28)21(32)29-24(30)34/h4-6,8-9,12,15-16,19-20,23,31H,11,13-14H2,1-3H3,(H,29,32,34)/t16-,19-,20+,23-,25?,40+/m1/s1/i13D2. The Morgan fingerprint density at radius 3 is 2.65 bits per heavy atom. The zero-order valence-electron chi connectivity index (χ0n) is 23.5. The average Bonchev–Trinajstić information content (AvgIpc) is 3.15. The van der Waals surface area contributed by atoms with Crippen LogP contribution >= 0.6 is 19.2 Å². The fraction of sp³-hybridized carbons (Fsp3) is 0.480. The van der Waals surface area contributed by atoms with E-state index in [1.807, 2.05) is 5.92 Å². The van der Waals surface area contributed by atoms with Gasteiger partial charge in [-0.2, -0.15) is 4.39 Å². The van der Waals surface area contributed by atoms with E-state index in [9.17, 15) is 32.8 Å². The van der Waals surface area contributed by atoms with Gasteiger partial charge in [0, 0.05) is 0 Å². The number of ether oxygens (including phenoxy) is 2. The number of alkyl halides is 2. The average molecular weight is 607 g/mol. The van der Waals surface area contributed by atoms with Crippen LogP contribution < -0.4 is 15.8 Å². The minimum Gasteiger partial charge on any atom is -0.463 e. The van der Waals surface area contributed by atoms with E-state index in [1.165, 1.54) is 31.2 Å². The second-order valence-corrected chi connectivity index (χ2v) is 11.6. The first-order chi connectivity index (χ1) is 19.5. The van der Waals surface area contributed by atoms with E-state index in [-0.39, 0.29) is 5.75 Å². The number of hydrogen-bond donors (Lipinski definition) is 2. The van der Waals surface area contributed by atoms with Gasteiger partial charge in [-0.1, -0.05) is 48.6 Å². The number of carbonyl (C=O) groups is 1. The number of carbonyl (C=O) groups excluding carboxylic acids is 1. The van der Waals surface area contributed by atoms with E-state index in [1.54, 1.807) is 24.9 Å². The zero-order valence-corrected chi connectivity index (χ0v) is 23.2. The fourth-order valence-electron chi connectivity index (χ4n) is 3.60. The van der Waals surface area contributed by atoms with Gasteiger partial charge in [-0.25, -0.2) is 13.8 Å². The minimum absolute atomic E-state index is 0.0115. The number of para-hydroxylation sites is 1. The lowest BCUT2D eigenvalue weighted by Gasteiger charge is -2.26. The Kier molecular flexibility index (Phi) is 9.34. The third-order valence-corrected chi connectivity index (χ3v) is 7.80. The zero-order chi connectivity index (χ0) is 31.5. The second kappa shape index (κ2) is 13.1. The fourth-order valence-corrected chi connectivity index (χ4v) is 5.66. The van der Waals surface area contributed by atoms with Crippen LogP contribution in [0.15, 0.2) is 46.1 Å². The molecule has 1 fully saturated rings. The lowest BCUT2D eigenvalue weighted by molar-refractivity contribution is -0.151. The lowest BCUT2D eigenvalue weighted by atomic mass is 9.99. The summed E-state index contributed by atoms with van der Waals surface area (Å²) in [5.74, 6) is 0.726. The summed E-state index contributed by atoms with van der Waals surface area (Å²) in [6.45, 7) is 0.0100. The highest BCUT2D eigenvalue weighted by atomic mass is 35.5. The molecule has 0 bridgehead atoms. The van der Waals surface area contributed by atoms with Gasteiger partial charge >= 0.3 is 19.3 Å². The second-order valence-electron chi connectivity index (χ2n) is 8.99. The van der Waals surface area contributed by atoms with Gasteiger partial charge in [0.15, 0.2) is 11.1 Å². The van der Waals surface area contributed by atoms with Gasteiger partial charge in [-0.3, -0.25) is 23.7 Å². The molecule has 2 heterocycles. The predicted molar refractivity (Wildman–Crippen MR) is 139 cm³/mol. The molecule has 0 aliphatic carbocycles. The van der Waals surface area contributed by atoms with Crippen LogP contribution in [0.1, 0.15) is 29.7 Å². The first-order valence-corrected chi connectivity index (χ1v) is 14.0. The van der Waals surface area contributed by atoms with Gasteiger partial charge in [0.1, 0.15) is 24.6 Å². The topological polar surface area (TPSA) is 146 Å². The van der Waals surface area contributed by atoms with Crippen molar-refractivity contribution < 1.29 is 44.5 Å². The van der Waals surface area contributed by atoms with Crippen LogP contribution in [-0.4, -0.2) is 63.2 Å². The van der Waals surface area contributed by atoms with Crippen LogP contribution in [0.25, 0.3) is 0 Å². The number of halogens is 3. The van der Waals surface area contributed by atoms with Crippen molar-refractivity contribution >= 4 is 25.2 Å². The van der Waals surface area contributed by atoms with Gasteiger partial charge in [0.25, 0.3) is 5.56 Å². The molecular formula is C25H28ClF2N2O9P. The van der Waals surface area contributed by atoms with Gasteiger partial charge in [0.05, 0.1) is 33.7 Å². The Morgan fingerprint density at radius 2 is 2.02 bits per heavy atom. The van der Waals surface area contributed by atoms with Crippen molar-refractivity contribution in [2.24, 2.45) is 5.92 Å². The molecular weight excluding hydrogens is 577 g/mol. The van der Waals surface area contributed by atoms with Crippen LogP contribution in [0.5, 0.6) is 5.75 Å². The summed E-state index contributed by atoms with van der Waals surface area (Å²) < 4.78 is 80.1. The summed E-state index contributed by atoms with van der Waals surface area (Å²) in [5, 5.41) is 11.1. The number of aliphatic hydroxyl groups excluding tert-OH is 1. The molecule has 2 aromatic rings. The molecule has 15 heteroatoms. The molecule has 1 aromatic heterocycles. The molecule has 11 nitrogen and oxygen atoms in total. The van der Waals surface area contributed by atoms with Crippen LogP contribution in [0.2, 0.25) is 0 Å². The van der Waals surface area contributed by atoms with Crippen molar-refractivity contribution in [3.8, 4) is 17.6 Å². The van der Waals surface area contributed by atoms with Crippen LogP contribution in [-0.2, 0) is 23.4 Å². The molecule has 1 aromatic carbocycles. The van der Waals surface area contributed by atoms with Crippen molar-refractivity contribution in [1.29, 1.82) is 0 Å². The van der Waals surface area contributed by atoms with E-state index >= 15 is 0 Å². The van der Waals surface area contributed by atoms with Gasteiger partial charge < -0.3 is 19.1 Å². The normalized spacial score (nSPS) is 25.6. The largest absolute Gasteiger partial charge is 0.463 e. The highest BCUT2D eigenvalue weighted by Gasteiger charge is 2.56. The van der Waals surface area contributed by atoms with E-state index in [4.69, 9.17) is 32.9 Å². The third kappa shape index (κ3) is 7.38. The smallest absolute Gasteiger partial charge is 0.380 e. The molecule has 2 N–H and O–H groups in total. The van der Waals surface area contributed by atoms with Crippen molar-refractivity contribution in [1.82, 2.24) is 9.55 Å². The number of aromatic amines is 1. The molecule has 1 aliphatic rings. The van der Waals surface area contributed by atoms with Crippen LogP contribution in [0.4, 0.5) is 8.78 Å². The molecule has 218 valence electrons. The Morgan fingerprint density at radius 1 is 1.35 bits per heavy atom. The summed E-state index contributed by atoms with van der Waals surface area (Å²) in [6, 6.07) is 7.49. The summed E-state index contributed by atoms with van der Waals surface area (Å²) in [4.78, 5) is 35.6. The first-order valence-electron chi connectivity index (χ1n) is 12.9. The SMILES string of the molecule is [2H]C([2H])(O[P@@](=O)(C[C@@H](C)C(=O)OC(C)C)Oc1ccccc1)[C@H]1O[C@@H](n2cc(F)c(=O)[nH]c2=O)C(Cl)(C#CCF)[C@H]1O. The molecule has 0 saturated carbocycles. The van der Waals surface area contributed by atoms with Crippen molar-refractivity contribution in [2.75, 3.05) is 19.4 Å². The number of benzene rings is 1. The molecule has 0 spiro atoms. The number of esters is 1. The molecule has 0 amide bonds. The maximum Gasteiger partial charge on any atom is 0.380 e. The Labute approximate surface area is 235 Å². The lowest BCUT2D eigenvalue weighted by Crippen LogP contribution is -2.44. The van der Waals surface area contributed by atoms with Crippen molar-refractivity contribution in [2.45, 2.75) is 50.2 Å². The molecule has 1 aliphatic heterocycles. The number of H-pyrrole nitrogens is 1. The maximum absolute atomic E-state index is 14.1. The van der Waals surface area contributed by atoms with Crippen molar-refractivity contribution in [3.63, 3.8) is 0 Å². The van der Waals surface area contributed by atoms with E-state index in [0.717, 1.165) is 0 Å². The van der Waals surface area contributed by atoms with Crippen LogP contribution in [0, 0.1) is 23.6 Å². The number of hydrogen-bond acceptors (Lipinski definition) is 9. The molecule has 0 radical (unpaired) electrons. The van der Waals surface area contributed by atoms with Gasteiger partial charge in [0.2, 0.25) is 5.82 Å². The predicted octanol–water partition coefficient (Wildman–Crippen LogP) is 2.76. The van der Waals surface area contributed by atoms with Crippen LogP contribution in [0.3, 0.4) is 0 Å². The summed E-state index contributed by atoms with van der Waals surface area (Å²) in [5.41, 5.74) is -2.66. The molecule has 6 atom stereocenters. The highest BCUT2D eigenvalue weighted by molar-refractivity contribution is 7.54. The van der Waals surface area contributed by atoms with E-state index < -0.39 is 85.4 Å². The van der Waals surface area contributed by atoms with Gasteiger partial charge in [-0.15, -0.1) is 0 Å².